The number of carboxylic acid groups (broad SMARTS) is 1. The predicted molar refractivity (Wildman–Crippen MR) is 59.3 cm³/mol. The van der Waals surface area contributed by atoms with Gasteiger partial charge in [-0.15, -0.1) is 0 Å². The van der Waals surface area contributed by atoms with Crippen LogP contribution in [-0.4, -0.2) is 21.0 Å². The molecule has 4 nitrogen and oxygen atoms in total. The van der Waals surface area contributed by atoms with Crippen LogP contribution < -0.4 is 0 Å². The van der Waals surface area contributed by atoms with Gasteiger partial charge in [0.05, 0.1) is 6.42 Å². The maximum absolute atomic E-state index is 10.6. The lowest BCUT2D eigenvalue weighted by Gasteiger charge is -2.25. The third-order valence-electron chi connectivity index (χ3n) is 3.14. The molecule has 1 unspecified atom stereocenters. The number of aliphatic carboxylic acids is 1. The zero-order chi connectivity index (χ0) is 11.5. The first-order valence-corrected chi connectivity index (χ1v) is 5.71. The Morgan fingerprint density at radius 1 is 1.62 bits per heavy atom. The minimum absolute atomic E-state index is 0.0914. The van der Waals surface area contributed by atoms with Crippen LogP contribution in [0.15, 0.2) is 12.3 Å². The van der Waals surface area contributed by atoms with E-state index in [-0.39, 0.29) is 12.3 Å². The molecule has 1 heterocycles. The van der Waals surface area contributed by atoms with Gasteiger partial charge in [-0.1, -0.05) is 13.3 Å². The lowest BCUT2D eigenvalue weighted by Crippen LogP contribution is -2.14. The van der Waals surface area contributed by atoms with Crippen LogP contribution in [0.2, 0.25) is 0 Å². The zero-order valence-electron chi connectivity index (χ0n) is 9.39. The Hall–Kier alpha value is -1.45. The molecule has 1 N–H and O–H groups in total. The third-order valence-corrected chi connectivity index (χ3v) is 3.14. The molecule has 0 aromatic carbocycles. The third kappa shape index (κ3) is 2.38. The molecule has 1 fully saturated rings. The summed E-state index contributed by atoms with van der Waals surface area (Å²) in [6, 6.07) is 1.95. The summed E-state index contributed by atoms with van der Waals surface area (Å²) in [5.74, 6) is 0.313. The molecule has 86 valence electrons. The SMILES string of the molecule is CC(CC(=O)O)c1nccc(C2CCC2)n1. The van der Waals surface area contributed by atoms with Crippen molar-refractivity contribution in [2.45, 2.75) is 44.4 Å². The lowest BCUT2D eigenvalue weighted by molar-refractivity contribution is -0.137. The van der Waals surface area contributed by atoms with E-state index in [0.29, 0.717) is 11.7 Å². The first kappa shape index (κ1) is 11.0. The number of nitrogens with zero attached hydrogens (tertiary/aromatic N) is 2. The van der Waals surface area contributed by atoms with Gasteiger partial charge in [-0.2, -0.15) is 0 Å². The van der Waals surface area contributed by atoms with Crippen LogP contribution in [0, 0.1) is 0 Å². The maximum atomic E-state index is 10.6. The fourth-order valence-corrected chi connectivity index (χ4v) is 1.91. The molecule has 0 amide bonds. The average Bonchev–Trinajstić information content (AvgIpc) is 2.14. The molecule has 1 aromatic rings. The van der Waals surface area contributed by atoms with E-state index in [1.165, 1.54) is 19.3 Å². The molecule has 1 saturated carbocycles. The van der Waals surface area contributed by atoms with E-state index < -0.39 is 5.97 Å². The topological polar surface area (TPSA) is 63.1 Å². The molecule has 16 heavy (non-hydrogen) atoms. The molecule has 1 aliphatic rings. The summed E-state index contributed by atoms with van der Waals surface area (Å²) in [6.07, 6.45) is 5.50. The summed E-state index contributed by atoms with van der Waals surface area (Å²) >= 11 is 0. The predicted octanol–water partition coefficient (Wildman–Crippen LogP) is 2.32. The van der Waals surface area contributed by atoms with Gasteiger partial charge in [0.15, 0.2) is 0 Å². The Morgan fingerprint density at radius 2 is 2.38 bits per heavy atom. The van der Waals surface area contributed by atoms with Crippen molar-refractivity contribution in [2.75, 3.05) is 0 Å². The molecular weight excluding hydrogens is 204 g/mol. The number of rotatable bonds is 4. The van der Waals surface area contributed by atoms with E-state index in [2.05, 4.69) is 9.97 Å². The van der Waals surface area contributed by atoms with E-state index in [4.69, 9.17) is 5.11 Å². The number of aromatic nitrogens is 2. The van der Waals surface area contributed by atoms with Crippen molar-refractivity contribution >= 4 is 5.97 Å². The highest BCUT2D eigenvalue weighted by Crippen LogP contribution is 2.35. The average molecular weight is 220 g/mol. The van der Waals surface area contributed by atoms with Crippen LogP contribution in [0.5, 0.6) is 0 Å². The highest BCUT2D eigenvalue weighted by molar-refractivity contribution is 5.67. The van der Waals surface area contributed by atoms with Gasteiger partial charge < -0.3 is 5.11 Å². The maximum Gasteiger partial charge on any atom is 0.304 e. The zero-order valence-corrected chi connectivity index (χ0v) is 9.39. The molecule has 4 heteroatoms. The van der Waals surface area contributed by atoms with Gasteiger partial charge in [0.25, 0.3) is 0 Å². The summed E-state index contributed by atoms with van der Waals surface area (Å²) in [4.78, 5) is 19.2. The molecule has 1 aliphatic carbocycles. The van der Waals surface area contributed by atoms with Gasteiger partial charge in [-0.25, -0.2) is 9.97 Å². The number of hydrogen-bond donors (Lipinski definition) is 1. The molecule has 0 aliphatic heterocycles. The van der Waals surface area contributed by atoms with Crippen LogP contribution in [0.25, 0.3) is 0 Å². The monoisotopic (exact) mass is 220 g/mol. The molecule has 0 bridgehead atoms. The minimum atomic E-state index is -0.801. The van der Waals surface area contributed by atoms with Crippen molar-refractivity contribution in [2.24, 2.45) is 0 Å². The summed E-state index contributed by atoms with van der Waals surface area (Å²) in [6.45, 7) is 1.86. The molecule has 2 rings (SSSR count). The smallest absolute Gasteiger partial charge is 0.304 e. The van der Waals surface area contributed by atoms with E-state index in [1.54, 1.807) is 6.20 Å². The van der Waals surface area contributed by atoms with Gasteiger partial charge in [-0.05, 0) is 18.9 Å². The molecular formula is C12H16N2O2. The second kappa shape index (κ2) is 4.60. The van der Waals surface area contributed by atoms with Crippen molar-refractivity contribution in [3.8, 4) is 0 Å². The van der Waals surface area contributed by atoms with Crippen LogP contribution in [0.3, 0.4) is 0 Å². The van der Waals surface area contributed by atoms with Crippen molar-refractivity contribution in [3.63, 3.8) is 0 Å². The summed E-state index contributed by atoms with van der Waals surface area (Å²) in [5, 5.41) is 8.73. The number of carboxylic acids is 1. The summed E-state index contributed by atoms with van der Waals surface area (Å²) in [7, 11) is 0. The van der Waals surface area contributed by atoms with Crippen molar-refractivity contribution in [3.05, 3.63) is 23.8 Å². The number of carbonyl (C=O) groups is 1. The molecule has 1 atom stereocenters. The molecule has 0 spiro atoms. The standard InChI is InChI=1S/C12H16N2O2/c1-8(7-11(15)16)12-13-6-5-10(14-12)9-3-2-4-9/h5-6,8-9H,2-4,7H2,1H3,(H,15,16). The van der Waals surface area contributed by atoms with E-state index in [1.807, 2.05) is 13.0 Å². The molecule has 1 aromatic heterocycles. The van der Waals surface area contributed by atoms with Crippen molar-refractivity contribution in [1.82, 2.24) is 9.97 Å². The Balaban J connectivity index is 2.11. The fourth-order valence-electron chi connectivity index (χ4n) is 1.91. The first-order valence-electron chi connectivity index (χ1n) is 5.71. The summed E-state index contributed by atoms with van der Waals surface area (Å²) < 4.78 is 0. The van der Waals surface area contributed by atoms with E-state index in [0.717, 1.165) is 5.69 Å². The van der Waals surface area contributed by atoms with Gasteiger partial charge in [-0.3, -0.25) is 4.79 Å². The Kier molecular flexibility index (Phi) is 3.17. The highest BCUT2D eigenvalue weighted by Gasteiger charge is 2.22. The first-order chi connectivity index (χ1) is 7.66. The normalized spacial score (nSPS) is 17.8. The quantitative estimate of drug-likeness (QED) is 0.845. The van der Waals surface area contributed by atoms with Crippen LogP contribution in [0.4, 0.5) is 0 Å². The van der Waals surface area contributed by atoms with Gasteiger partial charge in [0, 0.05) is 23.7 Å². The Labute approximate surface area is 94.7 Å². The van der Waals surface area contributed by atoms with E-state index >= 15 is 0 Å². The van der Waals surface area contributed by atoms with Crippen molar-refractivity contribution in [1.29, 1.82) is 0 Å². The number of hydrogen-bond acceptors (Lipinski definition) is 3. The molecule has 0 saturated heterocycles. The van der Waals surface area contributed by atoms with Crippen LogP contribution in [0.1, 0.15) is 56.0 Å². The van der Waals surface area contributed by atoms with Gasteiger partial charge in [0.1, 0.15) is 5.82 Å². The largest absolute Gasteiger partial charge is 0.481 e. The second-order valence-electron chi connectivity index (χ2n) is 4.47. The minimum Gasteiger partial charge on any atom is -0.481 e. The Bertz CT molecular complexity index is 388. The van der Waals surface area contributed by atoms with Crippen LogP contribution >= 0.6 is 0 Å². The van der Waals surface area contributed by atoms with Crippen LogP contribution in [-0.2, 0) is 4.79 Å². The Morgan fingerprint density at radius 3 is 2.94 bits per heavy atom. The second-order valence-corrected chi connectivity index (χ2v) is 4.47. The van der Waals surface area contributed by atoms with Crippen molar-refractivity contribution < 1.29 is 9.90 Å². The summed E-state index contributed by atoms with van der Waals surface area (Å²) in [5.41, 5.74) is 1.08. The van der Waals surface area contributed by atoms with E-state index in [9.17, 15) is 4.79 Å². The van der Waals surface area contributed by atoms with Gasteiger partial charge >= 0.3 is 5.97 Å². The fraction of sp³-hybridized carbons (Fsp3) is 0.583. The molecule has 0 radical (unpaired) electrons. The lowest BCUT2D eigenvalue weighted by atomic mass is 9.83. The highest BCUT2D eigenvalue weighted by atomic mass is 16.4. The van der Waals surface area contributed by atoms with Gasteiger partial charge in [0.2, 0.25) is 0 Å².